The molecule has 10 aromatic carbocycles. The molecule has 4 heteroatoms. The normalized spacial score (nSPS) is 11.0. The van der Waals surface area contributed by atoms with E-state index < -0.39 is 0 Å². The summed E-state index contributed by atoms with van der Waals surface area (Å²) in [7, 11) is 0. The number of rotatable bonds is 12. The molecule has 0 N–H and O–H groups in total. The largest absolute Gasteiger partial charge is 0.311 e. The predicted octanol–water partition coefficient (Wildman–Crippen LogP) is 17.3. The van der Waals surface area contributed by atoms with E-state index in [0.717, 1.165) is 79.0 Å². The molecule has 0 heterocycles. The molecular weight excluding hydrogens is 777 g/mol. The number of para-hydroxylation sites is 4. The van der Waals surface area contributed by atoms with Crippen molar-refractivity contribution in [3.8, 4) is 0 Å². The Kier molecular flexibility index (Phi) is 11.2. The monoisotopic (exact) mass is 824 g/mol. The summed E-state index contributed by atoms with van der Waals surface area (Å²) in [4.78, 5) is 9.38. The molecule has 0 bridgehead atoms. The van der Waals surface area contributed by atoms with Crippen molar-refractivity contribution in [3.63, 3.8) is 0 Å². The fourth-order valence-corrected chi connectivity index (χ4v) is 8.60. The first-order chi connectivity index (χ1) is 31.6. The van der Waals surface area contributed by atoms with Crippen LogP contribution in [0.5, 0.6) is 0 Å². The van der Waals surface area contributed by atoms with Gasteiger partial charge in [-0.1, -0.05) is 132 Å². The highest BCUT2D eigenvalue weighted by atomic mass is 15.2. The molecule has 4 nitrogen and oxygen atoms in total. The van der Waals surface area contributed by atoms with Gasteiger partial charge in [-0.05, 0) is 147 Å². The van der Waals surface area contributed by atoms with Crippen molar-refractivity contribution in [1.29, 1.82) is 0 Å². The Morgan fingerprint density at radius 2 is 0.391 bits per heavy atom. The second kappa shape index (κ2) is 17.9. The van der Waals surface area contributed by atoms with E-state index in [4.69, 9.17) is 0 Å². The molecule has 0 saturated carbocycles. The number of nitrogens with zero attached hydrogens (tertiary/aromatic N) is 4. The lowest BCUT2D eigenvalue weighted by atomic mass is 10.0. The van der Waals surface area contributed by atoms with E-state index >= 15 is 0 Å². The summed E-state index contributed by atoms with van der Waals surface area (Å²) in [6, 6.07) is 91.2. The van der Waals surface area contributed by atoms with Crippen LogP contribution in [0.15, 0.2) is 255 Å². The summed E-state index contributed by atoms with van der Waals surface area (Å²) >= 11 is 0. The number of fused-ring (bicyclic) bond motifs is 1. The van der Waals surface area contributed by atoms with Crippen LogP contribution in [-0.4, -0.2) is 0 Å². The van der Waals surface area contributed by atoms with E-state index in [-0.39, 0.29) is 0 Å². The van der Waals surface area contributed by atoms with Crippen LogP contribution in [0.1, 0.15) is 11.1 Å². The molecule has 0 unspecified atom stereocenters. The van der Waals surface area contributed by atoms with Crippen LogP contribution < -0.4 is 19.6 Å². The zero-order chi connectivity index (χ0) is 43.2. The average molecular weight is 825 g/mol. The molecule has 0 amide bonds. The van der Waals surface area contributed by atoms with E-state index in [0.29, 0.717) is 0 Å². The Labute approximate surface area is 376 Å². The lowest BCUT2D eigenvalue weighted by Gasteiger charge is -2.31. The highest BCUT2D eigenvalue weighted by Gasteiger charge is 2.22. The van der Waals surface area contributed by atoms with Crippen molar-refractivity contribution in [2.45, 2.75) is 13.8 Å². The first kappa shape index (κ1) is 39.8. The van der Waals surface area contributed by atoms with Gasteiger partial charge in [-0.2, -0.15) is 0 Å². The molecule has 10 aromatic rings. The highest BCUT2D eigenvalue weighted by Crippen LogP contribution is 2.47. The van der Waals surface area contributed by atoms with Gasteiger partial charge in [0.25, 0.3) is 0 Å². The van der Waals surface area contributed by atoms with E-state index in [1.807, 2.05) is 0 Å². The van der Waals surface area contributed by atoms with Gasteiger partial charge in [0, 0.05) is 67.6 Å². The Morgan fingerprint density at radius 1 is 0.188 bits per heavy atom. The Balaban J connectivity index is 1.09. The van der Waals surface area contributed by atoms with E-state index in [1.165, 1.54) is 11.1 Å². The maximum absolute atomic E-state index is 2.39. The molecule has 0 atom stereocenters. The second-order valence-corrected chi connectivity index (χ2v) is 16.0. The summed E-state index contributed by atoms with van der Waals surface area (Å²) in [6.45, 7) is 4.28. The Bertz CT molecular complexity index is 2790. The molecule has 0 aliphatic rings. The number of benzene rings is 10. The smallest absolute Gasteiger partial charge is 0.0541 e. The van der Waals surface area contributed by atoms with Crippen LogP contribution >= 0.6 is 0 Å². The van der Waals surface area contributed by atoms with Gasteiger partial charge in [-0.25, -0.2) is 0 Å². The second-order valence-electron chi connectivity index (χ2n) is 16.0. The van der Waals surface area contributed by atoms with Crippen LogP contribution in [0.25, 0.3) is 10.8 Å². The van der Waals surface area contributed by atoms with Gasteiger partial charge in [0.1, 0.15) is 0 Å². The quantitative estimate of drug-likeness (QED) is 0.122. The maximum Gasteiger partial charge on any atom is 0.0541 e. The van der Waals surface area contributed by atoms with Crippen molar-refractivity contribution in [2.75, 3.05) is 19.6 Å². The van der Waals surface area contributed by atoms with Crippen LogP contribution in [0.4, 0.5) is 68.2 Å². The topological polar surface area (TPSA) is 13.0 Å². The first-order valence-corrected chi connectivity index (χ1v) is 21.8. The Hall–Kier alpha value is -8.34. The van der Waals surface area contributed by atoms with E-state index in [9.17, 15) is 0 Å². The van der Waals surface area contributed by atoms with Gasteiger partial charge >= 0.3 is 0 Å². The lowest BCUT2D eigenvalue weighted by molar-refractivity contribution is 1.25. The van der Waals surface area contributed by atoms with Crippen LogP contribution in [0.2, 0.25) is 0 Å². The molecule has 0 aliphatic carbocycles. The van der Waals surface area contributed by atoms with Gasteiger partial charge in [-0.15, -0.1) is 0 Å². The third-order valence-corrected chi connectivity index (χ3v) is 11.7. The van der Waals surface area contributed by atoms with Gasteiger partial charge in [-0.3, -0.25) is 0 Å². The fraction of sp³-hybridized carbons (Fsp3) is 0.0333. The minimum Gasteiger partial charge on any atom is -0.311 e. The van der Waals surface area contributed by atoms with Gasteiger partial charge in [0.05, 0.1) is 11.4 Å². The summed E-state index contributed by atoms with van der Waals surface area (Å²) in [5, 5.41) is 2.29. The molecule has 10 rings (SSSR count). The highest BCUT2D eigenvalue weighted by molar-refractivity contribution is 6.07. The summed E-state index contributed by atoms with van der Waals surface area (Å²) in [6.07, 6.45) is 0. The number of anilines is 12. The van der Waals surface area contributed by atoms with Crippen molar-refractivity contribution < 1.29 is 0 Å². The zero-order valence-electron chi connectivity index (χ0n) is 36.0. The molecule has 0 aliphatic heterocycles. The molecule has 0 spiro atoms. The number of aryl methyl sites for hydroxylation is 2. The van der Waals surface area contributed by atoms with Crippen molar-refractivity contribution in [3.05, 3.63) is 266 Å². The van der Waals surface area contributed by atoms with E-state index in [2.05, 4.69) is 288 Å². The van der Waals surface area contributed by atoms with Crippen LogP contribution in [0.3, 0.4) is 0 Å². The van der Waals surface area contributed by atoms with Crippen molar-refractivity contribution in [1.82, 2.24) is 0 Å². The van der Waals surface area contributed by atoms with E-state index in [1.54, 1.807) is 0 Å². The van der Waals surface area contributed by atoms with Crippen molar-refractivity contribution in [2.24, 2.45) is 0 Å². The Morgan fingerprint density at radius 3 is 0.656 bits per heavy atom. The summed E-state index contributed by atoms with van der Waals surface area (Å²) < 4.78 is 0. The standard InChI is InChI=1S/C60H48N4/c1-45-27-31-53(32-28-45)63(55-39-35-51(36-40-55)61(47-17-7-3-8-18-47)48-19-9-4-10-20-48)59-43-44-60(58-26-16-15-25-57(58)59)64(54-33-29-46(2)30-34-54)56-41-37-52(38-42-56)62(49-21-11-5-12-22-49)50-23-13-6-14-24-50/h3-44H,1-2H3. The summed E-state index contributed by atoms with van der Waals surface area (Å²) in [5.74, 6) is 0. The maximum atomic E-state index is 2.39. The number of hydrogen-bond acceptors (Lipinski definition) is 4. The zero-order valence-corrected chi connectivity index (χ0v) is 36.0. The fourth-order valence-electron chi connectivity index (χ4n) is 8.60. The molecule has 308 valence electrons. The van der Waals surface area contributed by atoms with Crippen LogP contribution in [-0.2, 0) is 0 Å². The van der Waals surface area contributed by atoms with Gasteiger partial charge < -0.3 is 19.6 Å². The molecule has 0 fully saturated rings. The molecule has 0 radical (unpaired) electrons. The summed E-state index contributed by atoms with van der Waals surface area (Å²) in [5.41, 5.74) is 15.5. The molecule has 64 heavy (non-hydrogen) atoms. The minimum atomic E-state index is 1.07. The third-order valence-electron chi connectivity index (χ3n) is 11.7. The molecule has 0 aromatic heterocycles. The average Bonchev–Trinajstić information content (AvgIpc) is 3.36. The van der Waals surface area contributed by atoms with Gasteiger partial charge in [0.15, 0.2) is 0 Å². The third kappa shape index (κ3) is 8.09. The lowest BCUT2D eigenvalue weighted by Crippen LogP contribution is -2.14. The number of hydrogen-bond donors (Lipinski definition) is 0. The predicted molar refractivity (Wildman–Crippen MR) is 272 cm³/mol. The first-order valence-electron chi connectivity index (χ1n) is 21.8. The van der Waals surface area contributed by atoms with Crippen molar-refractivity contribution >= 4 is 79.0 Å². The molecule has 0 saturated heterocycles. The minimum absolute atomic E-state index is 1.07. The van der Waals surface area contributed by atoms with Gasteiger partial charge in [0.2, 0.25) is 0 Å². The molecular formula is C60H48N4. The SMILES string of the molecule is Cc1ccc(N(c2ccc(N(c3ccccc3)c3ccccc3)cc2)c2ccc(N(c3ccc(C)cc3)c3ccc(N(c4ccccc4)c4ccccc4)cc3)c3ccccc23)cc1. The van der Waals surface area contributed by atoms with Crippen LogP contribution in [0, 0.1) is 13.8 Å².